The van der Waals surface area contributed by atoms with E-state index in [9.17, 15) is 13.5 Å². The summed E-state index contributed by atoms with van der Waals surface area (Å²) in [5.74, 6) is 0. The fraction of sp³-hybridized carbons (Fsp3) is 0.250. The van der Waals surface area contributed by atoms with Crippen LogP contribution in [0.3, 0.4) is 0 Å². The van der Waals surface area contributed by atoms with Crippen LogP contribution in [-0.4, -0.2) is 29.6 Å². The van der Waals surface area contributed by atoms with Crippen molar-refractivity contribution >= 4 is 9.84 Å². The van der Waals surface area contributed by atoms with E-state index >= 15 is 0 Å². The Morgan fingerprint density at radius 2 is 2.06 bits per heavy atom. The molecule has 0 bridgehead atoms. The van der Waals surface area contributed by atoms with Crippen molar-refractivity contribution in [2.24, 2.45) is 7.05 Å². The summed E-state index contributed by atoms with van der Waals surface area (Å²) in [5.41, 5.74) is 1.16. The molecular formula is C12H14N2O3S. The number of benzene rings is 1. The van der Waals surface area contributed by atoms with Gasteiger partial charge >= 0.3 is 0 Å². The van der Waals surface area contributed by atoms with Gasteiger partial charge in [0.1, 0.15) is 6.10 Å². The maximum absolute atomic E-state index is 11.5. The second-order valence-electron chi connectivity index (χ2n) is 4.19. The summed E-state index contributed by atoms with van der Waals surface area (Å²) in [4.78, 5) is 0.197. The van der Waals surface area contributed by atoms with Crippen LogP contribution in [-0.2, 0) is 16.9 Å². The van der Waals surface area contributed by atoms with Gasteiger partial charge in [0.05, 0.1) is 11.1 Å². The number of hydrogen-bond donors (Lipinski definition) is 1. The van der Waals surface area contributed by atoms with Gasteiger partial charge in [0.2, 0.25) is 0 Å². The van der Waals surface area contributed by atoms with E-state index in [0.717, 1.165) is 6.26 Å². The van der Waals surface area contributed by atoms with Crippen molar-refractivity contribution in [2.75, 3.05) is 6.26 Å². The first-order valence-electron chi connectivity index (χ1n) is 5.34. The molecule has 1 unspecified atom stereocenters. The van der Waals surface area contributed by atoms with Crippen LogP contribution < -0.4 is 0 Å². The number of aliphatic hydroxyl groups excluding tert-OH is 1. The van der Waals surface area contributed by atoms with Gasteiger partial charge in [-0.3, -0.25) is 4.68 Å². The van der Waals surface area contributed by atoms with Crippen LogP contribution >= 0.6 is 0 Å². The molecular weight excluding hydrogens is 252 g/mol. The number of nitrogens with zero attached hydrogens (tertiary/aromatic N) is 2. The molecule has 0 spiro atoms. The first-order valence-corrected chi connectivity index (χ1v) is 7.23. The van der Waals surface area contributed by atoms with Crippen molar-refractivity contribution in [3.05, 3.63) is 47.8 Å². The van der Waals surface area contributed by atoms with Crippen LogP contribution in [0.2, 0.25) is 0 Å². The van der Waals surface area contributed by atoms with Crippen LogP contribution in [0.15, 0.2) is 41.6 Å². The lowest BCUT2D eigenvalue weighted by Gasteiger charge is -2.09. The van der Waals surface area contributed by atoms with Gasteiger partial charge < -0.3 is 5.11 Å². The van der Waals surface area contributed by atoms with Crippen LogP contribution in [0.1, 0.15) is 17.2 Å². The number of aromatic nitrogens is 2. The minimum Gasteiger partial charge on any atom is -0.384 e. The third-order valence-electron chi connectivity index (χ3n) is 2.64. The van der Waals surface area contributed by atoms with E-state index in [4.69, 9.17) is 0 Å². The Morgan fingerprint density at radius 1 is 1.33 bits per heavy atom. The lowest BCUT2D eigenvalue weighted by atomic mass is 10.1. The van der Waals surface area contributed by atoms with Crippen LogP contribution in [0.4, 0.5) is 0 Å². The topological polar surface area (TPSA) is 72.2 Å². The van der Waals surface area contributed by atoms with Crippen molar-refractivity contribution < 1.29 is 13.5 Å². The van der Waals surface area contributed by atoms with E-state index in [1.807, 2.05) is 0 Å². The highest BCUT2D eigenvalue weighted by Gasteiger charge is 2.15. The van der Waals surface area contributed by atoms with E-state index in [-0.39, 0.29) is 4.90 Å². The van der Waals surface area contributed by atoms with Gasteiger partial charge in [-0.05, 0) is 17.7 Å². The normalized spacial score (nSPS) is 13.5. The highest BCUT2D eigenvalue weighted by Crippen LogP contribution is 2.23. The maximum atomic E-state index is 11.5. The minimum absolute atomic E-state index is 0.197. The lowest BCUT2D eigenvalue weighted by Crippen LogP contribution is -2.02. The predicted octanol–water partition coefficient (Wildman–Crippen LogP) is 0.905. The Kier molecular flexibility index (Phi) is 3.23. The molecule has 0 aliphatic carbocycles. The zero-order valence-electron chi connectivity index (χ0n) is 10.1. The minimum atomic E-state index is -3.27. The molecule has 0 aliphatic rings. The smallest absolute Gasteiger partial charge is 0.175 e. The molecule has 1 aromatic carbocycles. The van der Waals surface area contributed by atoms with Crippen molar-refractivity contribution in [3.8, 4) is 0 Å². The first kappa shape index (κ1) is 12.8. The van der Waals surface area contributed by atoms with Gasteiger partial charge in [0.15, 0.2) is 9.84 Å². The average Bonchev–Trinajstić information content (AvgIpc) is 2.74. The molecule has 1 atom stereocenters. The van der Waals surface area contributed by atoms with Crippen LogP contribution in [0.5, 0.6) is 0 Å². The van der Waals surface area contributed by atoms with Crippen molar-refractivity contribution in [1.82, 2.24) is 9.78 Å². The molecule has 18 heavy (non-hydrogen) atoms. The maximum Gasteiger partial charge on any atom is 0.175 e. The zero-order valence-corrected chi connectivity index (χ0v) is 10.9. The van der Waals surface area contributed by atoms with Crippen LogP contribution in [0.25, 0.3) is 0 Å². The van der Waals surface area contributed by atoms with Crippen molar-refractivity contribution in [2.45, 2.75) is 11.0 Å². The summed E-state index contributed by atoms with van der Waals surface area (Å²) >= 11 is 0. The summed E-state index contributed by atoms with van der Waals surface area (Å²) in [6.45, 7) is 0. The number of aliphatic hydroxyl groups is 1. The fourth-order valence-corrected chi connectivity index (χ4v) is 2.36. The van der Waals surface area contributed by atoms with Crippen LogP contribution in [0, 0.1) is 0 Å². The third kappa shape index (κ3) is 2.60. The van der Waals surface area contributed by atoms with Gasteiger partial charge in [-0.25, -0.2) is 8.42 Å². The summed E-state index contributed by atoms with van der Waals surface area (Å²) < 4.78 is 24.5. The average molecular weight is 266 g/mol. The Hall–Kier alpha value is -1.66. The van der Waals surface area contributed by atoms with Crippen molar-refractivity contribution in [3.63, 3.8) is 0 Å². The number of aryl methyl sites for hydroxylation is 1. The largest absolute Gasteiger partial charge is 0.384 e. The molecule has 1 N–H and O–H groups in total. The molecule has 2 aromatic rings. The SMILES string of the molecule is Cn1cc(C(O)c2cccc(S(C)(=O)=O)c2)cn1. The molecule has 1 heterocycles. The van der Waals surface area contributed by atoms with E-state index in [1.165, 1.54) is 12.1 Å². The zero-order chi connectivity index (χ0) is 13.3. The standard InChI is InChI=1S/C12H14N2O3S/c1-14-8-10(7-13-14)12(15)9-4-3-5-11(6-9)18(2,16)17/h3-8,12,15H,1-2H3. The molecule has 0 amide bonds. The molecule has 0 aliphatic heterocycles. The molecule has 0 radical (unpaired) electrons. The van der Waals surface area contributed by atoms with E-state index < -0.39 is 15.9 Å². The molecule has 0 saturated heterocycles. The number of hydrogen-bond acceptors (Lipinski definition) is 4. The predicted molar refractivity (Wildman–Crippen MR) is 66.8 cm³/mol. The highest BCUT2D eigenvalue weighted by molar-refractivity contribution is 7.90. The summed E-state index contributed by atoms with van der Waals surface area (Å²) in [5, 5.41) is 14.1. The molecule has 6 heteroatoms. The van der Waals surface area contributed by atoms with E-state index in [0.29, 0.717) is 11.1 Å². The molecule has 96 valence electrons. The quantitative estimate of drug-likeness (QED) is 0.896. The van der Waals surface area contributed by atoms with E-state index in [1.54, 1.807) is 36.3 Å². The highest BCUT2D eigenvalue weighted by atomic mass is 32.2. The van der Waals surface area contributed by atoms with Gasteiger partial charge in [-0.2, -0.15) is 5.10 Å². The summed E-state index contributed by atoms with van der Waals surface area (Å²) in [6, 6.07) is 6.29. The van der Waals surface area contributed by atoms with Crippen molar-refractivity contribution in [1.29, 1.82) is 0 Å². The Balaban J connectivity index is 2.40. The number of rotatable bonds is 3. The van der Waals surface area contributed by atoms with Gasteiger partial charge in [0.25, 0.3) is 0 Å². The van der Waals surface area contributed by atoms with Gasteiger partial charge in [0, 0.05) is 25.1 Å². The first-order chi connectivity index (χ1) is 8.38. The van der Waals surface area contributed by atoms with Gasteiger partial charge in [-0.1, -0.05) is 12.1 Å². The Morgan fingerprint density at radius 3 is 2.61 bits per heavy atom. The Bertz CT molecular complexity index is 661. The third-order valence-corrected chi connectivity index (χ3v) is 3.75. The van der Waals surface area contributed by atoms with E-state index in [2.05, 4.69) is 5.10 Å². The monoisotopic (exact) mass is 266 g/mol. The Labute approximate surface area is 106 Å². The summed E-state index contributed by atoms with van der Waals surface area (Å²) in [6.07, 6.45) is 3.51. The molecule has 0 saturated carbocycles. The second kappa shape index (κ2) is 4.55. The second-order valence-corrected chi connectivity index (χ2v) is 6.21. The molecule has 2 rings (SSSR count). The lowest BCUT2D eigenvalue weighted by molar-refractivity contribution is 0.220. The fourth-order valence-electron chi connectivity index (χ4n) is 1.69. The number of sulfone groups is 1. The molecule has 1 aromatic heterocycles. The molecule has 0 fully saturated rings. The summed E-state index contributed by atoms with van der Waals surface area (Å²) in [7, 11) is -1.51. The molecule has 5 nitrogen and oxygen atoms in total. The van der Waals surface area contributed by atoms with Gasteiger partial charge in [-0.15, -0.1) is 0 Å².